The van der Waals surface area contributed by atoms with Gasteiger partial charge in [0, 0.05) is 5.39 Å². The number of methoxy groups -OCH3 is 1. The lowest BCUT2D eigenvalue weighted by Gasteiger charge is -2.02. The first-order valence-corrected chi connectivity index (χ1v) is 7.72. The van der Waals surface area contributed by atoms with Crippen LogP contribution in [0.15, 0.2) is 48.7 Å². The zero-order valence-electron chi connectivity index (χ0n) is 13.7. The van der Waals surface area contributed by atoms with Crippen LogP contribution in [0.5, 0.6) is 0 Å². The summed E-state index contributed by atoms with van der Waals surface area (Å²) in [5, 5.41) is 16.8. The Kier molecular flexibility index (Phi) is 3.53. The Hall–Kier alpha value is -3.48. The zero-order valence-corrected chi connectivity index (χ0v) is 13.7. The van der Waals surface area contributed by atoms with Gasteiger partial charge in [-0.25, -0.2) is 9.48 Å². The number of fused-ring (bicyclic) bond motifs is 1. The van der Waals surface area contributed by atoms with Gasteiger partial charge in [-0.1, -0.05) is 16.8 Å². The summed E-state index contributed by atoms with van der Waals surface area (Å²) in [6.07, 6.45) is 1.81. The van der Waals surface area contributed by atoms with Crippen LogP contribution in [0.2, 0.25) is 0 Å². The highest BCUT2D eigenvalue weighted by molar-refractivity contribution is 5.92. The van der Waals surface area contributed by atoms with E-state index < -0.39 is 0 Å². The molecule has 0 aliphatic heterocycles. The third kappa shape index (κ3) is 2.65. The number of rotatable bonds is 3. The molecule has 0 saturated heterocycles. The van der Waals surface area contributed by atoms with Crippen molar-refractivity contribution in [3.63, 3.8) is 0 Å². The number of ether oxygens (including phenoxy) is 1. The summed E-state index contributed by atoms with van der Waals surface area (Å²) in [5.74, 6) is -0.371. The van der Waals surface area contributed by atoms with E-state index in [-0.39, 0.29) is 5.97 Å². The molecule has 0 atom stereocenters. The largest absolute Gasteiger partial charge is 0.465 e. The number of esters is 1. The fraction of sp³-hybridized carbons (Fsp3) is 0.111. The van der Waals surface area contributed by atoms with Crippen LogP contribution in [0.25, 0.3) is 28.0 Å². The number of aromatic nitrogens is 5. The number of benzene rings is 2. The van der Waals surface area contributed by atoms with E-state index in [0.29, 0.717) is 11.3 Å². The van der Waals surface area contributed by atoms with E-state index in [2.05, 4.69) is 26.6 Å². The number of carbonyl (C=O) groups excluding carboxylic acids is 1. The summed E-state index contributed by atoms with van der Waals surface area (Å²) in [5.41, 5.74) is 4.83. The molecule has 0 unspecified atom stereocenters. The van der Waals surface area contributed by atoms with Gasteiger partial charge in [0.15, 0.2) is 0 Å². The number of hydrogen-bond donors (Lipinski definition) is 1. The molecule has 124 valence electrons. The maximum absolute atomic E-state index is 11.5. The Morgan fingerprint density at radius 2 is 1.96 bits per heavy atom. The van der Waals surface area contributed by atoms with Gasteiger partial charge in [0.05, 0.1) is 30.1 Å². The smallest absolute Gasteiger partial charge is 0.337 e. The molecule has 0 saturated carbocycles. The average molecular weight is 333 g/mol. The van der Waals surface area contributed by atoms with Crippen LogP contribution in [0, 0.1) is 6.92 Å². The molecule has 0 bridgehead atoms. The molecule has 4 aromatic rings. The van der Waals surface area contributed by atoms with E-state index in [1.807, 2.05) is 25.3 Å². The summed E-state index contributed by atoms with van der Waals surface area (Å²) >= 11 is 0. The molecule has 4 rings (SSSR count). The van der Waals surface area contributed by atoms with Crippen LogP contribution >= 0.6 is 0 Å². The molecule has 7 heteroatoms. The monoisotopic (exact) mass is 333 g/mol. The van der Waals surface area contributed by atoms with Crippen LogP contribution in [0.3, 0.4) is 0 Å². The molecule has 0 spiro atoms. The highest BCUT2D eigenvalue weighted by atomic mass is 16.5. The number of nitrogens with zero attached hydrogens (tertiary/aromatic N) is 4. The first-order chi connectivity index (χ1) is 12.2. The van der Waals surface area contributed by atoms with E-state index >= 15 is 0 Å². The average Bonchev–Trinajstić information content (AvgIpc) is 3.27. The van der Waals surface area contributed by atoms with Gasteiger partial charge in [-0.05, 0) is 43.3 Å². The molecule has 0 radical (unpaired) electrons. The maximum Gasteiger partial charge on any atom is 0.337 e. The predicted molar refractivity (Wildman–Crippen MR) is 92.5 cm³/mol. The van der Waals surface area contributed by atoms with Crippen LogP contribution in [0.4, 0.5) is 0 Å². The van der Waals surface area contributed by atoms with E-state index in [0.717, 1.165) is 27.8 Å². The summed E-state index contributed by atoms with van der Waals surface area (Å²) in [6, 6.07) is 13.1. The second-order valence-electron chi connectivity index (χ2n) is 5.71. The fourth-order valence-corrected chi connectivity index (χ4v) is 2.69. The normalized spacial score (nSPS) is 11.0. The number of carbonyl (C=O) groups is 1. The number of nitrogens with one attached hydrogen (secondary N) is 1. The van der Waals surface area contributed by atoms with Crippen molar-refractivity contribution in [1.29, 1.82) is 0 Å². The van der Waals surface area contributed by atoms with Crippen LogP contribution < -0.4 is 0 Å². The first kappa shape index (κ1) is 15.1. The molecule has 0 aliphatic carbocycles. The number of H-pyrrole nitrogens is 1. The van der Waals surface area contributed by atoms with Crippen LogP contribution in [-0.2, 0) is 4.74 Å². The van der Waals surface area contributed by atoms with Gasteiger partial charge in [-0.2, -0.15) is 5.10 Å². The topological polar surface area (TPSA) is 85.7 Å². The molecule has 0 aliphatic rings. The van der Waals surface area contributed by atoms with Crippen molar-refractivity contribution in [2.24, 2.45) is 0 Å². The first-order valence-electron chi connectivity index (χ1n) is 7.72. The van der Waals surface area contributed by atoms with E-state index in [9.17, 15) is 4.79 Å². The zero-order chi connectivity index (χ0) is 17.4. The lowest BCUT2D eigenvalue weighted by atomic mass is 10.1. The number of aromatic amines is 1. The summed E-state index contributed by atoms with van der Waals surface area (Å²) < 4.78 is 6.35. The van der Waals surface area contributed by atoms with Crippen molar-refractivity contribution in [3.05, 3.63) is 59.8 Å². The third-order valence-electron chi connectivity index (χ3n) is 4.01. The molecule has 2 heterocycles. The Morgan fingerprint density at radius 1 is 1.16 bits per heavy atom. The Bertz CT molecular complexity index is 1060. The Balaban J connectivity index is 1.70. The molecule has 0 fully saturated rings. The summed E-state index contributed by atoms with van der Waals surface area (Å²) in [7, 11) is 1.36. The molecule has 2 aromatic heterocycles. The van der Waals surface area contributed by atoms with Crippen molar-refractivity contribution in [1.82, 2.24) is 25.2 Å². The van der Waals surface area contributed by atoms with Gasteiger partial charge in [0.2, 0.25) is 0 Å². The minimum absolute atomic E-state index is 0.371. The van der Waals surface area contributed by atoms with Crippen LogP contribution in [-0.4, -0.2) is 38.3 Å². The van der Waals surface area contributed by atoms with Gasteiger partial charge in [0.1, 0.15) is 11.4 Å². The summed E-state index contributed by atoms with van der Waals surface area (Å²) in [4.78, 5) is 11.5. The SMILES string of the molecule is COC(=O)c1ccc(-n2cc(-c3n[nH]c4ccc(C)cc34)nn2)cc1. The van der Waals surface area contributed by atoms with Crippen molar-refractivity contribution < 1.29 is 9.53 Å². The highest BCUT2D eigenvalue weighted by Crippen LogP contribution is 2.25. The number of hydrogen-bond acceptors (Lipinski definition) is 5. The van der Waals surface area contributed by atoms with Crippen LogP contribution in [0.1, 0.15) is 15.9 Å². The molecular formula is C18H15N5O2. The standard InChI is InChI=1S/C18H15N5O2/c1-11-3-8-15-14(9-11)17(21-19-15)16-10-23(22-20-16)13-6-4-12(5-7-13)18(24)25-2/h3-10H,1-2H3,(H,19,21). The molecule has 0 amide bonds. The Labute approximate surface area is 143 Å². The lowest BCUT2D eigenvalue weighted by Crippen LogP contribution is -2.02. The highest BCUT2D eigenvalue weighted by Gasteiger charge is 2.13. The van der Waals surface area contributed by atoms with Crippen molar-refractivity contribution >= 4 is 16.9 Å². The molecule has 25 heavy (non-hydrogen) atoms. The van der Waals surface area contributed by atoms with E-state index in [1.54, 1.807) is 28.9 Å². The molecule has 1 N–H and O–H groups in total. The molecule has 7 nitrogen and oxygen atoms in total. The third-order valence-corrected chi connectivity index (χ3v) is 4.01. The summed E-state index contributed by atoms with van der Waals surface area (Å²) in [6.45, 7) is 2.04. The van der Waals surface area contributed by atoms with E-state index in [1.165, 1.54) is 7.11 Å². The number of aryl methyl sites for hydroxylation is 1. The van der Waals surface area contributed by atoms with Gasteiger partial charge in [-0.15, -0.1) is 5.10 Å². The lowest BCUT2D eigenvalue weighted by molar-refractivity contribution is 0.0600. The minimum Gasteiger partial charge on any atom is -0.465 e. The van der Waals surface area contributed by atoms with E-state index in [4.69, 9.17) is 4.74 Å². The van der Waals surface area contributed by atoms with Gasteiger partial charge < -0.3 is 4.74 Å². The van der Waals surface area contributed by atoms with Crippen molar-refractivity contribution in [2.45, 2.75) is 6.92 Å². The maximum atomic E-state index is 11.5. The predicted octanol–water partition coefficient (Wildman–Crippen LogP) is 2.91. The Morgan fingerprint density at radius 3 is 2.72 bits per heavy atom. The molecular weight excluding hydrogens is 318 g/mol. The van der Waals surface area contributed by atoms with Gasteiger partial charge >= 0.3 is 5.97 Å². The van der Waals surface area contributed by atoms with Crippen molar-refractivity contribution in [3.8, 4) is 17.1 Å². The minimum atomic E-state index is -0.371. The van der Waals surface area contributed by atoms with Gasteiger partial charge in [0.25, 0.3) is 0 Å². The second-order valence-corrected chi connectivity index (χ2v) is 5.71. The molecule has 2 aromatic carbocycles. The van der Waals surface area contributed by atoms with Gasteiger partial charge in [-0.3, -0.25) is 5.10 Å². The second kappa shape index (κ2) is 5.86. The quantitative estimate of drug-likeness (QED) is 0.583. The van der Waals surface area contributed by atoms with Crippen molar-refractivity contribution in [2.75, 3.05) is 7.11 Å². The fourth-order valence-electron chi connectivity index (χ4n) is 2.69.